The number of hydrogen-bond donors (Lipinski definition) is 0. The second-order valence-electron chi connectivity index (χ2n) is 11.8. The largest absolute Gasteiger partial charge is 0.277 e. The van der Waals surface area contributed by atoms with Crippen LogP contribution in [0.1, 0.15) is 0 Å². The Labute approximate surface area is 273 Å². The number of benzene rings is 7. The molecule has 0 atom stereocenters. The fraction of sp³-hybridized carbons (Fsp3) is 0. The molecule has 2 aromatic heterocycles. The van der Waals surface area contributed by atoms with Crippen molar-refractivity contribution in [2.24, 2.45) is 0 Å². The lowest BCUT2D eigenvalue weighted by molar-refractivity contribution is 1.08. The highest BCUT2D eigenvalue weighted by Crippen LogP contribution is 2.44. The second-order valence-corrected chi connectivity index (χ2v) is 11.8. The molecule has 0 spiro atoms. The van der Waals surface area contributed by atoms with E-state index in [1.165, 1.54) is 49.4 Å². The van der Waals surface area contributed by atoms with E-state index in [1.807, 2.05) is 36.5 Å². The van der Waals surface area contributed by atoms with Crippen LogP contribution in [0.3, 0.4) is 0 Å². The summed E-state index contributed by atoms with van der Waals surface area (Å²) in [4.78, 5) is 9.69. The van der Waals surface area contributed by atoms with Gasteiger partial charge in [-0.25, -0.2) is 9.97 Å². The lowest BCUT2D eigenvalue weighted by Crippen LogP contribution is -1.98. The van der Waals surface area contributed by atoms with E-state index in [1.54, 1.807) is 0 Å². The van der Waals surface area contributed by atoms with E-state index >= 15 is 0 Å². The van der Waals surface area contributed by atoms with Gasteiger partial charge in [0.25, 0.3) is 0 Å². The Kier molecular flexibility index (Phi) is 6.46. The smallest absolute Gasteiger partial charge is 0.164 e. The Bertz CT molecular complexity index is 2530. The summed E-state index contributed by atoms with van der Waals surface area (Å²) in [7, 11) is 0. The van der Waals surface area contributed by atoms with Gasteiger partial charge in [0.15, 0.2) is 5.65 Å². The van der Waals surface area contributed by atoms with Crippen LogP contribution in [-0.2, 0) is 0 Å². The summed E-state index contributed by atoms with van der Waals surface area (Å²) in [6, 6.07) is 60.3. The predicted octanol–water partition coefficient (Wildman–Crippen LogP) is 11.4. The Hall–Kier alpha value is -6.32. The molecule has 0 aliphatic rings. The van der Waals surface area contributed by atoms with Crippen LogP contribution in [-0.4, -0.2) is 14.5 Å². The molecule has 0 N–H and O–H groups in total. The summed E-state index contributed by atoms with van der Waals surface area (Å²) in [5.41, 5.74) is 11.1. The van der Waals surface area contributed by atoms with Gasteiger partial charge in [-0.1, -0.05) is 140 Å². The van der Waals surface area contributed by atoms with Gasteiger partial charge in [-0.2, -0.15) is 0 Å². The molecule has 2 heterocycles. The molecule has 47 heavy (non-hydrogen) atoms. The van der Waals surface area contributed by atoms with Crippen molar-refractivity contribution < 1.29 is 0 Å². The molecule has 0 aliphatic carbocycles. The molecule has 0 aliphatic heterocycles. The van der Waals surface area contributed by atoms with Gasteiger partial charge in [0.05, 0.1) is 0 Å². The number of pyridine rings is 1. The molecule has 0 unspecified atom stereocenters. The van der Waals surface area contributed by atoms with E-state index in [0.29, 0.717) is 0 Å². The zero-order valence-corrected chi connectivity index (χ0v) is 25.6. The maximum Gasteiger partial charge on any atom is 0.164 e. The zero-order chi connectivity index (χ0) is 31.2. The van der Waals surface area contributed by atoms with Crippen molar-refractivity contribution in [3.63, 3.8) is 0 Å². The highest BCUT2D eigenvalue weighted by molar-refractivity contribution is 6.21. The third-order valence-corrected chi connectivity index (χ3v) is 9.06. The highest BCUT2D eigenvalue weighted by Gasteiger charge is 2.18. The molecule has 0 saturated heterocycles. The molecular weight excluding hydrogens is 571 g/mol. The lowest BCUT2D eigenvalue weighted by atomic mass is 9.85. The first kappa shape index (κ1) is 27.0. The van der Waals surface area contributed by atoms with Crippen LogP contribution in [0.25, 0.3) is 83.2 Å². The van der Waals surface area contributed by atoms with Crippen LogP contribution in [0, 0.1) is 0 Å². The van der Waals surface area contributed by atoms with Crippen LogP contribution in [0.4, 0.5) is 0 Å². The van der Waals surface area contributed by atoms with E-state index in [4.69, 9.17) is 9.97 Å². The quantitative estimate of drug-likeness (QED) is 0.184. The first-order valence-corrected chi connectivity index (χ1v) is 15.9. The monoisotopic (exact) mass is 599 g/mol. The Morgan fingerprint density at radius 1 is 0.383 bits per heavy atom. The molecule has 0 bridgehead atoms. The van der Waals surface area contributed by atoms with Gasteiger partial charge in [0, 0.05) is 17.4 Å². The maximum absolute atomic E-state index is 4.97. The molecule has 7 aromatic carbocycles. The van der Waals surface area contributed by atoms with Crippen LogP contribution in [0.2, 0.25) is 0 Å². The summed E-state index contributed by atoms with van der Waals surface area (Å²) < 4.78 is 2.15. The average molecular weight is 600 g/mol. The topological polar surface area (TPSA) is 30.7 Å². The van der Waals surface area contributed by atoms with Crippen LogP contribution in [0.15, 0.2) is 176 Å². The first-order valence-electron chi connectivity index (χ1n) is 15.9. The summed E-state index contributed by atoms with van der Waals surface area (Å²) in [5, 5.41) is 5.01. The van der Waals surface area contributed by atoms with Crippen molar-refractivity contribution in [3.8, 4) is 50.5 Å². The molecule has 0 fully saturated rings. The van der Waals surface area contributed by atoms with E-state index in [2.05, 4.69) is 144 Å². The van der Waals surface area contributed by atoms with Gasteiger partial charge < -0.3 is 0 Å². The summed E-state index contributed by atoms with van der Waals surface area (Å²) in [6.07, 6.45) is 1.83. The molecule has 0 saturated carbocycles. The van der Waals surface area contributed by atoms with Crippen LogP contribution >= 0.6 is 0 Å². The van der Waals surface area contributed by atoms with E-state index in [0.717, 1.165) is 33.8 Å². The molecular formula is C44H29N3. The van der Waals surface area contributed by atoms with Crippen molar-refractivity contribution in [2.45, 2.75) is 0 Å². The molecule has 0 radical (unpaired) electrons. The number of rotatable bonds is 5. The number of imidazole rings is 1. The second kappa shape index (κ2) is 11.2. The molecule has 220 valence electrons. The fourth-order valence-corrected chi connectivity index (χ4v) is 6.93. The van der Waals surface area contributed by atoms with E-state index in [-0.39, 0.29) is 0 Å². The molecule has 3 nitrogen and oxygen atoms in total. The number of nitrogens with zero attached hydrogens (tertiary/aromatic N) is 3. The molecule has 9 rings (SSSR count). The van der Waals surface area contributed by atoms with Crippen LogP contribution < -0.4 is 0 Å². The van der Waals surface area contributed by atoms with Crippen LogP contribution in [0.5, 0.6) is 0 Å². The minimum absolute atomic E-state index is 0.845. The standard InChI is InChI=1S/C44H29N3/c1-4-13-31(14-5-1)41-36-19-10-11-20-37(36)42(32-15-6-2-7-16-32)39-29-34(24-27-38(39)41)30-22-25-35(26-23-30)47-43(33-17-8-3-9-18-33)46-40-21-12-28-45-44(40)47/h1-29H. The average Bonchev–Trinajstić information content (AvgIpc) is 3.54. The Morgan fingerprint density at radius 2 is 0.915 bits per heavy atom. The maximum atomic E-state index is 4.97. The van der Waals surface area contributed by atoms with Gasteiger partial charge in [-0.3, -0.25) is 4.57 Å². The summed E-state index contributed by atoms with van der Waals surface area (Å²) in [6.45, 7) is 0. The van der Waals surface area contributed by atoms with Gasteiger partial charge in [-0.05, 0) is 85.3 Å². The summed E-state index contributed by atoms with van der Waals surface area (Å²) >= 11 is 0. The molecule has 0 amide bonds. The minimum atomic E-state index is 0.845. The van der Waals surface area contributed by atoms with Crippen molar-refractivity contribution in [1.29, 1.82) is 0 Å². The lowest BCUT2D eigenvalue weighted by Gasteiger charge is -2.19. The molecule has 3 heteroatoms. The van der Waals surface area contributed by atoms with Crippen molar-refractivity contribution >= 4 is 32.7 Å². The zero-order valence-electron chi connectivity index (χ0n) is 25.6. The summed E-state index contributed by atoms with van der Waals surface area (Å²) in [5.74, 6) is 0.880. The third kappa shape index (κ3) is 4.60. The van der Waals surface area contributed by atoms with Gasteiger partial charge in [0.1, 0.15) is 11.3 Å². The van der Waals surface area contributed by atoms with Crippen molar-refractivity contribution in [2.75, 3.05) is 0 Å². The minimum Gasteiger partial charge on any atom is -0.277 e. The highest BCUT2D eigenvalue weighted by atomic mass is 15.1. The van der Waals surface area contributed by atoms with Gasteiger partial charge in [0.2, 0.25) is 0 Å². The molecule has 9 aromatic rings. The number of fused-ring (bicyclic) bond motifs is 3. The Morgan fingerprint density at radius 3 is 1.55 bits per heavy atom. The van der Waals surface area contributed by atoms with Crippen molar-refractivity contribution in [1.82, 2.24) is 14.5 Å². The number of aromatic nitrogens is 3. The SMILES string of the molecule is c1ccc(-c2c3ccccc3c(-c3ccccc3)c3cc(-c4ccc(-n5c(-c6ccccc6)nc6cccnc65)cc4)ccc23)cc1. The Balaban J connectivity index is 1.24. The van der Waals surface area contributed by atoms with Crippen molar-refractivity contribution in [3.05, 3.63) is 176 Å². The van der Waals surface area contributed by atoms with Gasteiger partial charge in [-0.15, -0.1) is 0 Å². The number of hydrogen-bond acceptors (Lipinski definition) is 2. The fourth-order valence-electron chi connectivity index (χ4n) is 6.93. The predicted molar refractivity (Wildman–Crippen MR) is 196 cm³/mol. The van der Waals surface area contributed by atoms with E-state index < -0.39 is 0 Å². The van der Waals surface area contributed by atoms with E-state index in [9.17, 15) is 0 Å². The third-order valence-electron chi connectivity index (χ3n) is 9.06. The normalized spacial score (nSPS) is 11.4. The first-order chi connectivity index (χ1) is 23.3. The van der Waals surface area contributed by atoms with Gasteiger partial charge >= 0.3 is 0 Å².